The topological polar surface area (TPSA) is 75.6 Å². The van der Waals surface area contributed by atoms with Crippen LogP contribution in [0.2, 0.25) is 0 Å². The average molecular weight is 408 g/mol. The molecule has 30 heavy (non-hydrogen) atoms. The lowest BCUT2D eigenvalue weighted by atomic mass is 9.81. The zero-order valence-electron chi connectivity index (χ0n) is 17.4. The molecule has 2 aromatic carbocycles. The molecule has 1 fully saturated rings. The summed E-state index contributed by atoms with van der Waals surface area (Å²) in [7, 11) is 0. The molecule has 2 aromatic rings. The van der Waals surface area contributed by atoms with E-state index < -0.39 is 5.97 Å². The highest BCUT2D eigenvalue weighted by Crippen LogP contribution is 2.30. The summed E-state index contributed by atoms with van der Waals surface area (Å²) in [5.74, 6) is 0.289. The molecule has 1 saturated carbocycles. The summed E-state index contributed by atoms with van der Waals surface area (Å²) < 4.78 is 5.64. The van der Waals surface area contributed by atoms with Crippen molar-refractivity contribution in [1.82, 2.24) is 0 Å². The zero-order valence-corrected chi connectivity index (χ0v) is 17.4. The minimum Gasteiger partial charge on any atom is -0.491 e. The van der Waals surface area contributed by atoms with Crippen LogP contribution in [-0.4, -0.2) is 23.6 Å². The number of carboxylic acids is 1. The molecule has 0 aromatic heterocycles. The van der Waals surface area contributed by atoms with Gasteiger partial charge in [0.05, 0.1) is 12.3 Å². The van der Waals surface area contributed by atoms with Crippen molar-refractivity contribution in [2.75, 3.05) is 11.9 Å². The summed E-state index contributed by atoms with van der Waals surface area (Å²) in [6.45, 7) is 2.20. The lowest BCUT2D eigenvalue weighted by Crippen LogP contribution is -2.13. The summed E-state index contributed by atoms with van der Waals surface area (Å²) >= 11 is 0. The van der Waals surface area contributed by atoms with Crippen LogP contribution in [-0.2, 0) is 16.0 Å². The van der Waals surface area contributed by atoms with Gasteiger partial charge in [-0.15, -0.1) is 0 Å². The number of aliphatic carboxylic acids is 1. The van der Waals surface area contributed by atoms with Crippen molar-refractivity contribution in [3.8, 4) is 5.75 Å². The van der Waals surface area contributed by atoms with Gasteiger partial charge in [-0.3, -0.25) is 9.59 Å². The van der Waals surface area contributed by atoms with E-state index >= 15 is 0 Å². The second-order valence-electron chi connectivity index (χ2n) is 7.86. The number of amides is 1. The van der Waals surface area contributed by atoms with Gasteiger partial charge in [-0.05, 0) is 54.5 Å². The van der Waals surface area contributed by atoms with Crippen molar-refractivity contribution in [2.24, 2.45) is 5.92 Å². The second kappa shape index (κ2) is 10.6. The smallest absolute Gasteiger partial charge is 0.303 e. The Labute approximate surface area is 177 Å². The predicted molar refractivity (Wildman–Crippen MR) is 119 cm³/mol. The van der Waals surface area contributed by atoms with E-state index in [0.29, 0.717) is 17.9 Å². The van der Waals surface area contributed by atoms with Crippen LogP contribution in [0.1, 0.15) is 50.2 Å². The van der Waals surface area contributed by atoms with Crippen LogP contribution in [0.3, 0.4) is 0 Å². The maximum absolute atomic E-state index is 12.5. The third-order valence-electron chi connectivity index (χ3n) is 5.44. The van der Waals surface area contributed by atoms with Gasteiger partial charge in [0.2, 0.25) is 5.91 Å². The number of nitrogens with one attached hydrogen (secondary N) is 1. The Hall–Kier alpha value is -3.08. The monoisotopic (exact) mass is 407 g/mol. The quantitative estimate of drug-likeness (QED) is 0.413. The number of benzene rings is 2. The van der Waals surface area contributed by atoms with Crippen molar-refractivity contribution in [3.63, 3.8) is 0 Å². The molecule has 0 atom stereocenters. The molecule has 0 radical (unpaired) electrons. The van der Waals surface area contributed by atoms with Crippen LogP contribution in [0, 0.1) is 5.92 Å². The average Bonchev–Trinajstić information content (AvgIpc) is 2.69. The number of anilines is 1. The van der Waals surface area contributed by atoms with Gasteiger partial charge in [0, 0.05) is 12.5 Å². The third kappa shape index (κ3) is 6.48. The van der Waals surface area contributed by atoms with E-state index in [2.05, 4.69) is 29.6 Å². The number of rotatable bonds is 10. The van der Waals surface area contributed by atoms with Gasteiger partial charge in [0.15, 0.2) is 0 Å². The van der Waals surface area contributed by atoms with Gasteiger partial charge in [-0.25, -0.2) is 0 Å². The van der Waals surface area contributed by atoms with Crippen LogP contribution in [0.25, 0.3) is 5.57 Å². The molecule has 0 bridgehead atoms. The van der Waals surface area contributed by atoms with E-state index in [0.717, 1.165) is 23.5 Å². The molecule has 0 spiro atoms. The fraction of sp³-hybridized carbons (Fsp3) is 0.360. The van der Waals surface area contributed by atoms with Gasteiger partial charge >= 0.3 is 5.97 Å². The number of carboxylic acid groups (broad SMARTS) is 1. The fourth-order valence-electron chi connectivity index (χ4n) is 3.48. The molecule has 5 heteroatoms. The van der Waals surface area contributed by atoms with Crippen LogP contribution in [0.4, 0.5) is 5.69 Å². The van der Waals surface area contributed by atoms with E-state index in [1.54, 1.807) is 18.2 Å². The van der Waals surface area contributed by atoms with E-state index in [1.807, 2.05) is 19.1 Å². The van der Waals surface area contributed by atoms with Crippen molar-refractivity contribution in [1.29, 1.82) is 0 Å². The second-order valence-corrected chi connectivity index (χ2v) is 7.86. The number of allylic oxidation sites excluding steroid dienone is 1. The Morgan fingerprint density at radius 1 is 1.13 bits per heavy atom. The first-order chi connectivity index (χ1) is 14.5. The molecule has 0 unspecified atom stereocenters. The number of ether oxygens (including phenoxy) is 1. The molecule has 0 aliphatic heterocycles. The van der Waals surface area contributed by atoms with E-state index in [9.17, 15) is 9.59 Å². The van der Waals surface area contributed by atoms with Crippen LogP contribution in [0.15, 0.2) is 54.6 Å². The first-order valence-electron chi connectivity index (χ1n) is 10.5. The molecule has 1 aliphatic carbocycles. The highest BCUT2D eigenvalue weighted by Gasteiger charge is 2.17. The Morgan fingerprint density at radius 3 is 2.53 bits per heavy atom. The van der Waals surface area contributed by atoms with Gasteiger partial charge in [0.25, 0.3) is 0 Å². The normalized spacial score (nSPS) is 14.1. The molecular formula is C25H29NO4. The molecule has 158 valence electrons. The van der Waals surface area contributed by atoms with E-state index in [1.165, 1.54) is 24.8 Å². The van der Waals surface area contributed by atoms with Crippen molar-refractivity contribution >= 4 is 23.1 Å². The minimum absolute atomic E-state index is 0.0515. The number of carbonyl (C=O) groups excluding carboxylic acids is 1. The molecule has 1 aliphatic rings. The number of hydrogen-bond acceptors (Lipinski definition) is 3. The number of para-hydroxylation sites is 2. The summed E-state index contributed by atoms with van der Waals surface area (Å²) in [5, 5.41) is 11.6. The van der Waals surface area contributed by atoms with Crippen molar-refractivity contribution in [2.45, 2.75) is 45.4 Å². The predicted octanol–water partition coefficient (Wildman–Crippen LogP) is 5.31. The lowest BCUT2D eigenvalue weighted by molar-refractivity contribution is -0.137. The minimum atomic E-state index is -0.850. The highest BCUT2D eigenvalue weighted by atomic mass is 16.5. The first kappa shape index (κ1) is 21.6. The third-order valence-corrected chi connectivity index (χ3v) is 5.44. The van der Waals surface area contributed by atoms with Gasteiger partial charge in [0.1, 0.15) is 5.75 Å². The standard InChI is InChI=1S/C25H29NO4/c1-18(21-13-11-20(12-14-21)17-19-6-4-7-19)16-24(27)26-22-8-2-3-9-23(22)30-15-5-10-25(28)29/h2-3,8-9,11-14,16,19H,4-7,10,15,17H2,1H3,(H,26,27)(H,28,29). The molecule has 0 saturated heterocycles. The van der Waals surface area contributed by atoms with Crippen molar-refractivity contribution in [3.05, 3.63) is 65.7 Å². The summed E-state index contributed by atoms with van der Waals surface area (Å²) in [6.07, 6.45) is 7.23. The number of hydrogen-bond donors (Lipinski definition) is 2. The largest absolute Gasteiger partial charge is 0.491 e. The maximum Gasteiger partial charge on any atom is 0.303 e. The molecule has 3 rings (SSSR count). The Kier molecular flexibility index (Phi) is 7.66. The molecule has 0 heterocycles. The molecule has 5 nitrogen and oxygen atoms in total. The first-order valence-corrected chi connectivity index (χ1v) is 10.5. The van der Waals surface area contributed by atoms with Crippen molar-refractivity contribution < 1.29 is 19.4 Å². The Morgan fingerprint density at radius 2 is 1.87 bits per heavy atom. The van der Waals surface area contributed by atoms with Gasteiger partial charge in [-0.1, -0.05) is 55.7 Å². The Balaban J connectivity index is 1.57. The maximum atomic E-state index is 12.5. The lowest BCUT2D eigenvalue weighted by Gasteiger charge is -2.25. The Bertz CT molecular complexity index is 898. The summed E-state index contributed by atoms with van der Waals surface area (Å²) in [5.41, 5.74) is 3.84. The van der Waals surface area contributed by atoms with Crippen LogP contribution in [0.5, 0.6) is 5.75 Å². The molecular weight excluding hydrogens is 378 g/mol. The fourth-order valence-corrected chi connectivity index (χ4v) is 3.48. The summed E-state index contributed by atoms with van der Waals surface area (Å²) in [6, 6.07) is 15.6. The summed E-state index contributed by atoms with van der Waals surface area (Å²) in [4.78, 5) is 23.1. The van der Waals surface area contributed by atoms with E-state index in [-0.39, 0.29) is 18.9 Å². The highest BCUT2D eigenvalue weighted by molar-refractivity contribution is 6.04. The van der Waals surface area contributed by atoms with Crippen LogP contribution < -0.4 is 10.1 Å². The SMILES string of the molecule is CC(=CC(=O)Nc1ccccc1OCCCC(=O)O)c1ccc(CC2CCC2)cc1. The zero-order chi connectivity index (χ0) is 21.3. The van der Waals surface area contributed by atoms with Crippen LogP contribution >= 0.6 is 0 Å². The van der Waals surface area contributed by atoms with E-state index in [4.69, 9.17) is 9.84 Å². The van der Waals surface area contributed by atoms with Gasteiger partial charge < -0.3 is 15.2 Å². The molecule has 1 amide bonds. The van der Waals surface area contributed by atoms with Gasteiger partial charge in [-0.2, -0.15) is 0 Å². The molecule has 2 N–H and O–H groups in total. The number of carbonyl (C=O) groups is 2.